The summed E-state index contributed by atoms with van der Waals surface area (Å²) in [6.07, 6.45) is 9.70. The minimum Gasteiger partial charge on any atom is -0.496 e. The number of rotatable bonds is 8. The molecule has 0 saturated carbocycles. The second-order valence-electron chi connectivity index (χ2n) is 7.70. The van der Waals surface area contributed by atoms with E-state index in [1.165, 1.54) is 0 Å². The summed E-state index contributed by atoms with van der Waals surface area (Å²) in [6.45, 7) is 0. The van der Waals surface area contributed by atoms with Gasteiger partial charge in [-0.05, 0) is 34.0 Å². The highest BCUT2D eigenvalue weighted by molar-refractivity contribution is 6.00. The zero-order valence-electron chi connectivity index (χ0n) is 19.0. The monoisotopic (exact) mass is 448 g/mol. The molecule has 0 aliphatic heterocycles. The molecule has 168 valence electrons. The summed E-state index contributed by atoms with van der Waals surface area (Å²) in [5.41, 5.74) is 5.03. The van der Waals surface area contributed by atoms with Gasteiger partial charge in [-0.2, -0.15) is 0 Å². The van der Waals surface area contributed by atoms with Crippen LogP contribution in [-0.2, 0) is 0 Å². The summed E-state index contributed by atoms with van der Waals surface area (Å²) in [5, 5.41) is 2.24. The zero-order valence-corrected chi connectivity index (χ0v) is 19.0. The Morgan fingerprint density at radius 2 is 1.00 bits per heavy atom. The minimum absolute atomic E-state index is 0.572. The quantitative estimate of drug-likeness (QED) is 0.219. The fourth-order valence-electron chi connectivity index (χ4n) is 3.91. The van der Waals surface area contributed by atoms with Crippen molar-refractivity contribution in [1.29, 1.82) is 0 Å². The normalized spacial score (nSPS) is 11.2. The molecule has 4 aromatic rings. The fourth-order valence-corrected chi connectivity index (χ4v) is 3.91. The average molecular weight is 449 g/mol. The Morgan fingerprint density at radius 1 is 0.559 bits per heavy atom. The van der Waals surface area contributed by atoms with Crippen molar-refractivity contribution in [3.05, 3.63) is 106 Å². The second kappa shape index (κ2) is 10.5. The van der Waals surface area contributed by atoms with Gasteiger partial charge in [0, 0.05) is 22.3 Å². The fraction of sp³-hybridized carbons (Fsp3) is 0.0667. The SMILES string of the molecule is COc1cc(C=O)ccc1/C=C\c1cccc2cccc(/C=C\c3ccc(C=O)cc3OC)c12. The predicted molar refractivity (Wildman–Crippen MR) is 139 cm³/mol. The lowest BCUT2D eigenvalue weighted by atomic mass is 9.97. The molecule has 0 aliphatic rings. The van der Waals surface area contributed by atoms with E-state index in [0.717, 1.165) is 45.6 Å². The third kappa shape index (κ3) is 4.81. The smallest absolute Gasteiger partial charge is 0.150 e. The first-order valence-corrected chi connectivity index (χ1v) is 10.8. The number of hydrogen-bond acceptors (Lipinski definition) is 4. The van der Waals surface area contributed by atoms with Crippen LogP contribution in [0.3, 0.4) is 0 Å². The molecule has 0 bridgehead atoms. The van der Waals surface area contributed by atoms with Crippen LogP contribution >= 0.6 is 0 Å². The first-order valence-electron chi connectivity index (χ1n) is 10.8. The standard InChI is InChI=1S/C30H24O4/c1-33-28-17-21(19-31)9-11-23(28)13-15-26-7-3-5-25-6-4-8-27(30(25)26)16-14-24-12-10-22(20-32)18-29(24)34-2/h3-20H,1-2H3/b15-13-,16-14-. The molecular weight excluding hydrogens is 424 g/mol. The Kier molecular flexibility index (Phi) is 6.99. The number of carbonyl (C=O) groups excluding carboxylic acids is 2. The van der Waals surface area contributed by atoms with E-state index in [-0.39, 0.29) is 0 Å². The van der Waals surface area contributed by atoms with Crippen LogP contribution in [0.2, 0.25) is 0 Å². The summed E-state index contributed by atoms with van der Waals surface area (Å²) in [6, 6.07) is 23.1. The minimum atomic E-state index is 0.572. The van der Waals surface area contributed by atoms with Crippen molar-refractivity contribution >= 4 is 47.6 Å². The lowest BCUT2D eigenvalue weighted by Gasteiger charge is -2.09. The highest BCUT2D eigenvalue weighted by Crippen LogP contribution is 2.29. The molecule has 4 heteroatoms. The van der Waals surface area contributed by atoms with E-state index in [1.54, 1.807) is 38.5 Å². The molecule has 0 saturated heterocycles. The number of aldehydes is 2. The number of hydrogen-bond donors (Lipinski definition) is 0. The Labute approximate surface area is 198 Å². The van der Waals surface area contributed by atoms with Crippen molar-refractivity contribution in [2.24, 2.45) is 0 Å². The van der Waals surface area contributed by atoms with Gasteiger partial charge in [0.1, 0.15) is 24.1 Å². The number of benzene rings is 4. The van der Waals surface area contributed by atoms with Crippen LogP contribution in [-0.4, -0.2) is 26.8 Å². The van der Waals surface area contributed by atoms with E-state index >= 15 is 0 Å². The molecule has 0 aromatic heterocycles. The molecule has 4 rings (SSSR count). The molecule has 0 aliphatic carbocycles. The van der Waals surface area contributed by atoms with Crippen molar-refractivity contribution in [2.75, 3.05) is 14.2 Å². The summed E-state index contributed by atoms with van der Waals surface area (Å²) >= 11 is 0. The van der Waals surface area contributed by atoms with Gasteiger partial charge in [-0.15, -0.1) is 0 Å². The number of fused-ring (bicyclic) bond motifs is 1. The van der Waals surface area contributed by atoms with E-state index in [9.17, 15) is 9.59 Å². The molecule has 0 heterocycles. The van der Waals surface area contributed by atoms with Crippen LogP contribution in [0.4, 0.5) is 0 Å². The molecule has 0 amide bonds. The molecule has 0 N–H and O–H groups in total. The molecule has 34 heavy (non-hydrogen) atoms. The van der Waals surface area contributed by atoms with Gasteiger partial charge in [-0.1, -0.05) is 85.0 Å². The maximum Gasteiger partial charge on any atom is 0.150 e. The van der Waals surface area contributed by atoms with Gasteiger partial charge in [0.05, 0.1) is 14.2 Å². The highest BCUT2D eigenvalue weighted by Gasteiger charge is 2.06. The largest absolute Gasteiger partial charge is 0.496 e. The first-order chi connectivity index (χ1) is 16.7. The van der Waals surface area contributed by atoms with E-state index in [4.69, 9.17) is 9.47 Å². The van der Waals surface area contributed by atoms with Crippen LogP contribution in [0.15, 0.2) is 72.8 Å². The Morgan fingerprint density at radius 3 is 1.41 bits per heavy atom. The van der Waals surface area contributed by atoms with Crippen LogP contribution in [0.1, 0.15) is 43.0 Å². The van der Waals surface area contributed by atoms with E-state index < -0.39 is 0 Å². The maximum atomic E-state index is 11.1. The molecule has 0 radical (unpaired) electrons. The van der Waals surface area contributed by atoms with Crippen molar-refractivity contribution in [3.8, 4) is 11.5 Å². The van der Waals surface area contributed by atoms with Gasteiger partial charge in [0.2, 0.25) is 0 Å². The van der Waals surface area contributed by atoms with Gasteiger partial charge >= 0.3 is 0 Å². The Balaban J connectivity index is 1.75. The highest BCUT2D eigenvalue weighted by atomic mass is 16.5. The Bertz CT molecular complexity index is 1310. The van der Waals surface area contributed by atoms with Gasteiger partial charge in [0.25, 0.3) is 0 Å². The molecule has 0 fully saturated rings. The van der Waals surface area contributed by atoms with E-state index in [0.29, 0.717) is 22.6 Å². The van der Waals surface area contributed by atoms with E-state index in [2.05, 4.69) is 36.4 Å². The van der Waals surface area contributed by atoms with Crippen molar-refractivity contribution in [1.82, 2.24) is 0 Å². The zero-order chi connectivity index (χ0) is 23.9. The first kappa shape index (κ1) is 22.7. The number of ether oxygens (including phenoxy) is 2. The topological polar surface area (TPSA) is 52.6 Å². The number of carbonyl (C=O) groups is 2. The van der Waals surface area contributed by atoms with Crippen LogP contribution in [0.25, 0.3) is 35.1 Å². The second-order valence-corrected chi connectivity index (χ2v) is 7.70. The van der Waals surface area contributed by atoms with Crippen molar-refractivity contribution in [2.45, 2.75) is 0 Å². The molecule has 4 aromatic carbocycles. The van der Waals surface area contributed by atoms with Gasteiger partial charge < -0.3 is 9.47 Å². The number of methoxy groups -OCH3 is 2. The summed E-state index contributed by atoms with van der Waals surface area (Å²) in [4.78, 5) is 22.2. The lowest BCUT2D eigenvalue weighted by molar-refractivity contribution is 0.111. The molecule has 0 atom stereocenters. The maximum absolute atomic E-state index is 11.1. The van der Waals surface area contributed by atoms with Crippen molar-refractivity contribution < 1.29 is 19.1 Å². The third-order valence-electron chi connectivity index (χ3n) is 5.64. The summed E-state index contributed by atoms with van der Waals surface area (Å²) in [7, 11) is 3.19. The van der Waals surface area contributed by atoms with Gasteiger partial charge in [-0.25, -0.2) is 0 Å². The molecular formula is C30H24O4. The lowest BCUT2D eigenvalue weighted by Crippen LogP contribution is -1.90. The molecule has 0 spiro atoms. The Hall–Kier alpha value is -4.44. The van der Waals surface area contributed by atoms with Crippen LogP contribution < -0.4 is 9.47 Å². The van der Waals surface area contributed by atoms with Gasteiger partial charge in [0.15, 0.2) is 0 Å². The summed E-state index contributed by atoms with van der Waals surface area (Å²) in [5.74, 6) is 1.29. The van der Waals surface area contributed by atoms with E-state index in [1.807, 2.05) is 36.4 Å². The van der Waals surface area contributed by atoms with Crippen LogP contribution in [0, 0.1) is 0 Å². The molecule has 4 nitrogen and oxygen atoms in total. The van der Waals surface area contributed by atoms with Crippen LogP contribution in [0.5, 0.6) is 11.5 Å². The molecule has 0 unspecified atom stereocenters. The van der Waals surface area contributed by atoms with Crippen molar-refractivity contribution in [3.63, 3.8) is 0 Å². The van der Waals surface area contributed by atoms with Gasteiger partial charge in [-0.3, -0.25) is 9.59 Å². The predicted octanol–water partition coefficient (Wildman–Crippen LogP) is 6.82. The third-order valence-corrected chi connectivity index (χ3v) is 5.64. The summed E-state index contributed by atoms with van der Waals surface area (Å²) < 4.78 is 10.9. The average Bonchev–Trinajstić information content (AvgIpc) is 2.90.